The molecule has 0 amide bonds. The molecule has 0 aromatic heterocycles. The topological polar surface area (TPSA) is 44.5 Å². The molecule has 0 aliphatic heterocycles. The summed E-state index contributed by atoms with van der Waals surface area (Å²) in [5, 5.41) is 0. The van der Waals surface area contributed by atoms with Crippen molar-refractivity contribution in [2.24, 2.45) is 5.73 Å². The molecule has 1 aromatic rings. The van der Waals surface area contributed by atoms with Gasteiger partial charge < -0.3 is 15.2 Å². The molecule has 0 bridgehead atoms. The Hall–Kier alpha value is -1.22. The summed E-state index contributed by atoms with van der Waals surface area (Å²) < 4.78 is 10.8. The fourth-order valence-corrected chi connectivity index (χ4v) is 1.73. The lowest BCUT2D eigenvalue weighted by Gasteiger charge is -2.15. The van der Waals surface area contributed by atoms with E-state index in [0.717, 1.165) is 35.5 Å². The second kappa shape index (κ2) is 5.75. The van der Waals surface area contributed by atoms with Crippen LogP contribution in [0.5, 0.6) is 11.5 Å². The number of benzene rings is 1. The van der Waals surface area contributed by atoms with Crippen molar-refractivity contribution in [3.63, 3.8) is 0 Å². The van der Waals surface area contributed by atoms with E-state index in [9.17, 15) is 0 Å². The molecule has 16 heavy (non-hydrogen) atoms. The second-order valence-electron chi connectivity index (χ2n) is 4.16. The predicted molar refractivity (Wildman–Crippen MR) is 66.3 cm³/mol. The fourth-order valence-electron chi connectivity index (χ4n) is 1.73. The Labute approximate surface area is 97.6 Å². The maximum Gasteiger partial charge on any atom is 0.126 e. The normalized spacial score (nSPS) is 12.3. The molecule has 1 aromatic carbocycles. The average molecular weight is 223 g/mol. The SMILES string of the molecule is COc1cc(C)cc(OC)c1CC[C@@H](C)N. The van der Waals surface area contributed by atoms with Gasteiger partial charge in [0.2, 0.25) is 0 Å². The molecule has 0 fully saturated rings. The number of hydrogen-bond donors (Lipinski definition) is 1. The monoisotopic (exact) mass is 223 g/mol. The summed E-state index contributed by atoms with van der Waals surface area (Å²) in [5.41, 5.74) is 8.01. The Morgan fingerprint density at radius 1 is 1.19 bits per heavy atom. The summed E-state index contributed by atoms with van der Waals surface area (Å²) in [7, 11) is 3.37. The Morgan fingerprint density at radius 2 is 1.69 bits per heavy atom. The van der Waals surface area contributed by atoms with Crippen LogP contribution in [-0.4, -0.2) is 20.3 Å². The third-order valence-electron chi connectivity index (χ3n) is 2.60. The first-order valence-electron chi connectivity index (χ1n) is 5.55. The van der Waals surface area contributed by atoms with E-state index >= 15 is 0 Å². The second-order valence-corrected chi connectivity index (χ2v) is 4.16. The van der Waals surface area contributed by atoms with Crippen molar-refractivity contribution in [1.82, 2.24) is 0 Å². The maximum absolute atomic E-state index is 5.77. The third-order valence-corrected chi connectivity index (χ3v) is 2.60. The highest BCUT2D eigenvalue weighted by molar-refractivity contribution is 5.47. The third kappa shape index (κ3) is 3.14. The molecule has 0 unspecified atom stereocenters. The van der Waals surface area contributed by atoms with Crippen molar-refractivity contribution in [2.45, 2.75) is 32.7 Å². The minimum atomic E-state index is 0.190. The number of aryl methyl sites for hydroxylation is 1. The first-order valence-corrected chi connectivity index (χ1v) is 5.55. The number of hydrogen-bond acceptors (Lipinski definition) is 3. The van der Waals surface area contributed by atoms with Crippen molar-refractivity contribution in [3.05, 3.63) is 23.3 Å². The van der Waals surface area contributed by atoms with Crippen molar-refractivity contribution in [1.29, 1.82) is 0 Å². The Morgan fingerprint density at radius 3 is 2.06 bits per heavy atom. The summed E-state index contributed by atoms with van der Waals surface area (Å²) in [4.78, 5) is 0. The van der Waals surface area contributed by atoms with Gasteiger partial charge in [0.1, 0.15) is 11.5 Å². The first-order chi connectivity index (χ1) is 7.58. The molecule has 1 atom stereocenters. The zero-order valence-electron chi connectivity index (χ0n) is 10.5. The average Bonchev–Trinajstić information content (AvgIpc) is 2.25. The van der Waals surface area contributed by atoms with Gasteiger partial charge in [-0.3, -0.25) is 0 Å². The predicted octanol–water partition coefficient (Wildman–Crippen LogP) is 2.29. The standard InChI is InChI=1S/C13H21NO2/c1-9-7-12(15-3)11(6-5-10(2)14)13(8-9)16-4/h7-8,10H,5-6,14H2,1-4H3/t10-/m1/s1. The van der Waals surface area contributed by atoms with Crippen LogP contribution >= 0.6 is 0 Å². The molecule has 0 heterocycles. The van der Waals surface area contributed by atoms with Crippen LogP contribution in [0, 0.1) is 6.92 Å². The lowest BCUT2D eigenvalue weighted by Crippen LogP contribution is -2.15. The van der Waals surface area contributed by atoms with Gasteiger partial charge in [0.25, 0.3) is 0 Å². The Bertz CT molecular complexity index is 323. The molecular formula is C13H21NO2. The number of methoxy groups -OCH3 is 2. The number of nitrogens with two attached hydrogens (primary N) is 1. The number of rotatable bonds is 5. The lowest BCUT2D eigenvalue weighted by molar-refractivity contribution is 0.383. The van der Waals surface area contributed by atoms with Gasteiger partial charge in [0.15, 0.2) is 0 Å². The van der Waals surface area contributed by atoms with Gasteiger partial charge in [-0.1, -0.05) is 0 Å². The molecule has 0 radical (unpaired) electrons. The molecule has 2 N–H and O–H groups in total. The van der Waals surface area contributed by atoms with Crippen LogP contribution in [0.2, 0.25) is 0 Å². The van der Waals surface area contributed by atoms with Gasteiger partial charge in [0, 0.05) is 11.6 Å². The zero-order valence-corrected chi connectivity index (χ0v) is 10.5. The van der Waals surface area contributed by atoms with Gasteiger partial charge in [-0.25, -0.2) is 0 Å². The van der Waals surface area contributed by atoms with Crippen LogP contribution in [0.3, 0.4) is 0 Å². The van der Waals surface area contributed by atoms with Crippen LogP contribution in [0.1, 0.15) is 24.5 Å². The van der Waals surface area contributed by atoms with E-state index in [1.165, 1.54) is 0 Å². The van der Waals surface area contributed by atoms with Gasteiger partial charge >= 0.3 is 0 Å². The van der Waals surface area contributed by atoms with Gasteiger partial charge in [-0.15, -0.1) is 0 Å². The molecule has 0 saturated carbocycles. The molecule has 0 aliphatic carbocycles. The highest BCUT2D eigenvalue weighted by Crippen LogP contribution is 2.31. The number of ether oxygens (including phenoxy) is 2. The molecule has 0 aliphatic rings. The first kappa shape index (κ1) is 12.8. The largest absolute Gasteiger partial charge is 0.496 e. The fraction of sp³-hybridized carbons (Fsp3) is 0.538. The Balaban J connectivity index is 3.02. The smallest absolute Gasteiger partial charge is 0.126 e. The Kier molecular flexibility index (Phi) is 4.62. The van der Waals surface area contributed by atoms with Crippen molar-refractivity contribution in [3.8, 4) is 11.5 Å². The van der Waals surface area contributed by atoms with Gasteiger partial charge in [0.05, 0.1) is 14.2 Å². The van der Waals surface area contributed by atoms with Crippen molar-refractivity contribution >= 4 is 0 Å². The quantitative estimate of drug-likeness (QED) is 0.833. The van der Waals surface area contributed by atoms with Crippen LogP contribution < -0.4 is 15.2 Å². The van der Waals surface area contributed by atoms with Crippen LogP contribution in [0.15, 0.2) is 12.1 Å². The van der Waals surface area contributed by atoms with Crippen molar-refractivity contribution in [2.75, 3.05) is 14.2 Å². The maximum atomic E-state index is 5.77. The van der Waals surface area contributed by atoms with E-state index in [4.69, 9.17) is 15.2 Å². The minimum absolute atomic E-state index is 0.190. The molecule has 90 valence electrons. The van der Waals surface area contributed by atoms with Crippen LogP contribution in [-0.2, 0) is 6.42 Å². The van der Waals surface area contributed by atoms with Gasteiger partial charge in [-0.05, 0) is 44.4 Å². The van der Waals surface area contributed by atoms with E-state index in [1.807, 2.05) is 26.0 Å². The summed E-state index contributed by atoms with van der Waals surface area (Å²) in [5.74, 6) is 1.77. The van der Waals surface area contributed by atoms with E-state index in [0.29, 0.717) is 0 Å². The van der Waals surface area contributed by atoms with E-state index in [-0.39, 0.29) is 6.04 Å². The van der Waals surface area contributed by atoms with E-state index < -0.39 is 0 Å². The highest BCUT2D eigenvalue weighted by atomic mass is 16.5. The minimum Gasteiger partial charge on any atom is -0.496 e. The summed E-state index contributed by atoms with van der Waals surface area (Å²) in [6.45, 7) is 4.04. The lowest BCUT2D eigenvalue weighted by atomic mass is 10.0. The van der Waals surface area contributed by atoms with Gasteiger partial charge in [-0.2, -0.15) is 0 Å². The molecule has 0 spiro atoms. The molecular weight excluding hydrogens is 202 g/mol. The molecule has 3 nitrogen and oxygen atoms in total. The van der Waals surface area contributed by atoms with Crippen molar-refractivity contribution < 1.29 is 9.47 Å². The highest BCUT2D eigenvalue weighted by Gasteiger charge is 2.11. The van der Waals surface area contributed by atoms with Crippen LogP contribution in [0.4, 0.5) is 0 Å². The summed E-state index contributed by atoms with van der Waals surface area (Å²) in [6, 6.07) is 4.24. The molecule has 0 saturated heterocycles. The summed E-state index contributed by atoms with van der Waals surface area (Å²) >= 11 is 0. The van der Waals surface area contributed by atoms with Crippen LogP contribution in [0.25, 0.3) is 0 Å². The summed E-state index contributed by atoms with van der Waals surface area (Å²) in [6.07, 6.45) is 1.81. The zero-order chi connectivity index (χ0) is 12.1. The van der Waals surface area contributed by atoms with E-state index in [2.05, 4.69) is 0 Å². The molecule has 3 heteroatoms. The molecule has 1 rings (SSSR count). The van der Waals surface area contributed by atoms with E-state index in [1.54, 1.807) is 14.2 Å².